The van der Waals surface area contributed by atoms with E-state index in [2.05, 4.69) is 5.32 Å². The van der Waals surface area contributed by atoms with Crippen LogP contribution in [0.4, 0.5) is 10.1 Å². The minimum atomic E-state index is -1.01. The van der Waals surface area contributed by atoms with Crippen LogP contribution in [-0.4, -0.2) is 22.5 Å². The quantitative estimate of drug-likeness (QED) is 0.754. The molecule has 96 valence electrons. The standard InChI is InChI=1S/C12H13FN2O3/c13-9-6-7(2-3-8(9)10(14)16)15-12(11(17)18)4-1-5-12/h2-3,6,15H,1,4-5H2,(H2,14,16)(H,17,18). The van der Waals surface area contributed by atoms with Crippen molar-refractivity contribution in [2.45, 2.75) is 24.8 Å². The number of nitrogens with two attached hydrogens (primary N) is 1. The number of rotatable bonds is 4. The number of carbonyl (C=O) groups is 2. The Morgan fingerprint density at radius 3 is 2.44 bits per heavy atom. The average Bonchev–Trinajstić information content (AvgIpc) is 2.22. The first-order valence-electron chi connectivity index (χ1n) is 5.55. The van der Waals surface area contributed by atoms with Gasteiger partial charge in [-0.1, -0.05) is 0 Å². The lowest BCUT2D eigenvalue weighted by atomic mass is 9.76. The van der Waals surface area contributed by atoms with Gasteiger partial charge in [-0.3, -0.25) is 4.79 Å². The van der Waals surface area contributed by atoms with Crippen molar-refractivity contribution in [3.8, 4) is 0 Å². The number of primary amides is 1. The smallest absolute Gasteiger partial charge is 0.329 e. The van der Waals surface area contributed by atoms with E-state index in [9.17, 15) is 14.0 Å². The highest BCUT2D eigenvalue weighted by molar-refractivity contribution is 5.93. The summed E-state index contributed by atoms with van der Waals surface area (Å²) in [5.74, 6) is -2.56. The third kappa shape index (κ3) is 2.01. The van der Waals surface area contributed by atoms with Gasteiger partial charge in [0, 0.05) is 5.69 Å². The van der Waals surface area contributed by atoms with Crippen molar-refractivity contribution in [1.82, 2.24) is 0 Å². The van der Waals surface area contributed by atoms with Gasteiger partial charge in [-0.15, -0.1) is 0 Å². The van der Waals surface area contributed by atoms with Crippen molar-refractivity contribution in [2.24, 2.45) is 5.73 Å². The van der Waals surface area contributed by atoms with Crippen LogP contribution in [0, 0.1) is 5.82 Å². The Balaban J connectivity index is 2.23. The maximum Gasteiger partial charge on any atom is 0.329 e. The molecule has 1 aliphatic rings. The second-order valence-corrected chi connectivity index (χ2v) is 4.42. The van der Waals surface area contributed by atoms with Gasteiger partial charge in [-0.25, -0.2) is 9.18 Å². The SMILES string of the molecule is NC(=O)c1ccc(NC2(C(=O)O)CCC2)cc1F. The summed E-state index contributed by atoms with van der Waals surface area (Å²) >= 11 is 0. The molecule has 1 aromatic rings. The summed E-state index contributed by atoms with van der Waals surface area (Å²) < 4.78 is 13.5. The molecule has 5 nitrogen and oxygen atoms in total. The number of hydrogen-bond acceptors (Lipinski definition) is 3. The van der Waals surface area contributed by atoms with Crippen molar-refractivity contribution in [1.29, 1.82) is 0 Å². The Kier molecular flexibility index (Phi) is 2.94. The zero-order valence-corrected chi connectivity index (χ0v) is 9.57. The summed E-state index contributed by atoms with van der Waals surface area (Å²) in [6, 6.07) is 3.78. The molecule has 0 aliphatic heterocycles. The van der Waals surface area contributed by atoms with E-state index >= 15 is 0 Å². The van der Waals surface area contributed by atoms with E-state index in [1.54, 1.807) is 0 Å². The first-order chi connectivity index (χ1) is 8.44. The first kappa shape index (κ1) is 12.3. The van der Waals surface area contributed by atoms with Crippen molar-refractivity contribution < 1.29 is 19.1 Å². The molecule has 1 aromatic carbocycles. The lowest BCUT2D eigenvalue weighted by Gasteiger charge is -2.39. The molecule has 2 rings (SSSR count). The zero-order valence-electron chi connectivity index (χ0n) is 9.57. The largest absolute Gasteiger partial charge is 0.480 e. The van der Waals surface area contributed by atoms with Gasteiger partial charge in [0.15, 0.2) is 0 Å². The van der Waals surface area contributed by atoms with Gasteiger partial charge < -0.3 is 16.2 Å². The fourth-order valence-electron chi connectivity index (χ4n) is 1.99. The number of carbonyl (C=O) groups excluding carboxylic acids is 1. The van der Waals surface area contributed by atoms with Gasteiger partial charge in [-0.05, 0) is 37.5 Å². The van der Waals surface area contributed by atoms with Crippen molar-refractivity contribution in [2.75, 3.05) is 5.32 Å². The van der Waals surface area contributed by atoms with E-state index in [1.165, 1.54) is 12.1 Å². The topological polar surface area (TPSA) is 92.4 Å². The molecule has 1 fully saturated rings. The van der Waals surface area contributed by atoms with Gasteiger partial charge in [0.05, 0.1) is 5.56 Å². The van der Waals surface area contributed by atoms with Crippen LogP contribution in [-0.2, 0) is 4.79 Å². The van der Waals surface area contributed by atoms with E-state index in [-0.39, 0.29) is 5.56 Å². The highest BCUT2D eigenvalue weighted by Crippen LogP contribution is 2.35. The van der Waals surface area contributed by atoms with E-state index in [0.29, 0.717) is 18.5 Å². The molecule has 0 saturated heterocycles. The Morgan fingerprint density at radius 2 is 2.06 bits per heavy atom. The zero-order chi connectivity index (χ0) is 13.3. The van der Waals surface area contributed by atoms with Gasteiger partial charge in [0.2, 0.25) is 0 Å². The molecule has 0 unspecified atom stereocenters. The summed E-state index contributed by atoms with van der Waals surface area (Å²) in [6.07, 6.45) is 1.82. The molecule has 1 aliphatic carbocycles. The number of carboxylic acids is 1. The molecule has 0 aromatic heterocycles. The summed E-state index contributed by atoms with van der Waals surface area (Å²) in [6.45, 7) is 0. The minimum Gasteiger partial charge on any atom is -0.480 e. The van der Waals surface area contributed by atoms with Crippen molar-refractivity contribution >= 4 is 17.6 Å². The number of anilines is 1. The Labute approximate surface area is 103 Å². The molecule has 1 saturated carbocycles. The number of carboxylic acid groups (broad SMARTS) is 1. The van der Waals surface area contributed by atoms with Crippen LogP contribution in [0.2, 0.25) is 0 Å². The van der Waals surface area contributed by atoms with Crippen LogP contribution in [0.15, 0.2) is 18.2 Å². The van der Waals surface area contributed by atoms with Crippen LogP contribution in [0.5, 0.6) is 0 Å². The third-order valence-corrected chi connectivity index (χ3v) is 3.23. The second-order valence-electron chi connectivity index (χ2n) is 4.42. The number of hydrogen-bond donors (Lipinski definition) is 3. The van der Waals surface area contributed by atoms with E-state index in [0.717, 1.165) is 12.5 Å². The highest BCUT2D eigenvalue weighted by Gasteiger charge is 2.44. The monoisotopic (exact) mass is 252 g/mol. The molecule has 1 amide bonds. The lowest BCUT2D eigenvalue weighted by Crippen LogP contribution is -2.52. The van der Waals surface area contributed by atoms with Crippen LogP contribution >= 0.6 is 0 Å². The molecule has 4 N–H and O–H groups in total. The molecular weight excluding hydrogens is 239 g/mol. The predicted octanol–water partition coefficient (Wildman–Crippen LogP) is 1.34. The molecular formula is C12H13FN2O3. The van der Waals surface area contributed by atoms with Crippen LogP contribution in [0.25, 0.3) is 0 Å². The number of halogens is 1. The number of nitrogens with one attached hydrogen (secondary N) is 1. The second kappa shape index (κ2) is 4.29. The van der Waals surface area contributed by atoms with E-state index in [4.69, 9.17) is 10.8 Å². The van der Waals surface area contributed by atoms with Gasteiger partial charge in [0.25, 0.3) is 5.91 Å². The predicted molar refractivity (Wildman–Crippen MR) is 62.8 cm³/mol. The van der Waals surface area contributed by atoms with Crippen LogP contribution in [0.3, 0.4) is 0 Å². The highest BCUT2D eigenvalue weighted by atomic mass is 19.1. The van der Waals surface area contributed by atoms with Crippen LogP contribution in [0.1, 0.15) is 29.6 Å². The van der Waals surface area contributed by atoms with E-state index in [1.807, 2.05) is 0 Å². The Bertz CT molecular complexity index is 512. The fraction of sp³-hybridized carbons (Fsp3) is 0.333. The van der Waals surface area contributed by atoms with Crippen molar-refractivity contribution in [3.05, 3.63) is 29.6 Å². The van der Waals surface area contributed by atoms with E-state index < -0.39 is 23.2 Å². The molecule has 0 spiro atoms. The van der Waals surface area contributed by atoms with Gasteiger partial charge in [0.1, 0.15) is 11.4 Å². The summed E-state index contributed by atoms with van der Waals surface area (Å²) in [5, 5.41) is 11.9. The summed E-state index contributed by atoms with van der Waals surface area (Å²) in [4.78, 5) is 22.0. The molecule has 6 heteroatoms. The molecule has 0 bridgehead atoms. The molecule has 0 radical (unpaired) electrons. The molecule has 0 heterocycles. The summed E-state index contributed by atoms with van der Waals surface area (Å²) in [7, 11) is 0. The number of amides is 1. The third-order valence-electron chi connectivity index (χ3n) is 3.23. The van der Waals surface area contributed by atoms with Gasteiger partial charge >= 0.3 is 5.97 Å². The van der Waals surface area contributed by atoms with Crippen LogP contribution < -0.4 is 11.1 Å². The Morgan fingerprint density at radius 1 is 1.39 bits per heavy atom. The fourth-order valence-corrected chi connectivity index (χ4v) is 1.99. The number of benzene rings is 1. The maximum atomic E-state index is 13.5. The Hall–Kier alpha value is -2.11. The summed E-state index contributed by atoms with van der Waals surface area (Å²) in [5.41, 5.74) is 4.09. The maximum absolute atomic E-state index is 13.5. The van der Waals surface area contributed by atoms with Gasteiger partial charge in [-0.2, -0.15) is 0 Å². The van der Waals surface area contributed by atoms with Crippen molar-refractivity contribution in [3.63, 3.8) is 0 Å². The normalized spacial score (nSPS) is 16.7. The number of aliphatic carboxylic acids is 1. The molecule has 0 atom stereocenters. The minimum absolute atomic E-state index is 0.210. The lowest BCUT2D eigenvalue weighted by molar-refractivity contribution is -0.145. The first-order valence-corrected chi connectivity index (χ1v) is 5.55. The molecule has 18 heavy (non-hydrogen) atoms. The average molecular weight is 252 g/mol.